The highest BCUT2D eigenvalue weighted by Gasteiger charge is 2.23. The molecule has 2 aliphatic rings. The van der Waals surface area contributed by atoms with Crippen molar-refractivity contribution in [2.45, 2.75) is 44.3 Å². The molecule has 28 heavy (non-hydrogen) atoms. The van der Waals surface area contributed by atoms with Gasteiger partial charge in [0.05, 0.1) is 6.04 Å². The zero-order valence-corrected chi connectivity index (χ0v) is 16.9. The van der Waals surface area contributed by atoms with Gasteiger partial charge in [0.25, 0.3) is 5.91 Å². The van der Waals surface area contributed by atoms with Gasteiger partial charge in [-0.25, -0.2) is 0 Å². The van der Waals surface area contributed by atoms with Crippen LogP contribution in [0.1, 0.15) is 47.8 Å². The molecule has 1 amide bonds. The van der Waals surface area contributed by atoms with Gasteiger partial charge >= 0.3 is 0 Å². The van der Waals surface area contributed by atoms with Crippen molar-refractivity contribution < 1.29 is 4.79 Å². The summed E-state index contributed by atoms with van der Waals surface area (Å²) in [5.41, 5.74) is 1.76. The number of rotatable bonds is 5. The number of piperidine rings is 2. The van der Waals surface area contributed by atoms with Crippen LogP contribution in [0.3, 0.4) is 0 Å². The molecule has 4 rings (SSSR count). The van der Waals surface area contributed by atoms with Crippen LogP contribution >= 0.6 is 12.4 Å². The molecule has 0 aromatic carbocycles. The van der Waals surface area contributed by atoms with E-state index in [-0.39, 0.29) is 24.4 Å². The van der Waals surface area contributed by atoms with E-state index in [1.165, 1.54) is 5.56 Å². The van der Waals surface area contributed by atoms with Gasteiger partial charge in [-0.15, -0.1) is 12.4 Å². The SMILES string of the molecule is Cl.O=C(NC1CCN(Cc2cccnc2)CC1)c1ccn(C2CCCNC2)n1. The lowest BCUT2D eigenvalue weighted by molar-refractivity contribution is 0.0902. The molecule has 152 valence electrons. The summed E-state index contributed by atoms with van der Waals surface area (Å²) in [6.45, 7) is 4.90. The molecule has 0 spiro atoms. The molecule has 0 aliphatic carbocycles. The lowest BCUT2D eigenvalue weighted by Crippen LogP contribution is -2.44. The third-order valence-corrected chi connectivity index (χ3v) is 5.54. The maximum Gasteiger partial charge on any atom is 0.271 e. The Kier molecular flexibility index (Phi) is 7.42. The van der Waals surface area contributed by atoms with E-state index in [0.717, 1.165) is 58.4 Å². The van der Waals surface area contributed by atoms with Gasteiger partial charge < -0.3 is 10.6 Å². The molecule has 8 heteroatoms. The van der Waals surface area contributed by atoms with Crippen LogP contribution in [0.5, 0.6) is 0 Å². The number of nitrogens with one attached hydrogen (secondary N) is 2. The Morgan fingerprint density at radius 1 is 1.25 bits per heavy atom. The third kappa shape index (κ3) is 5.31. The fraction of sp³-hybridized carbons (Fsp3) is 0.550. The molecule has 2 aromatic rings. The van der Waals surface area contributed by atoms with Gasteiger partial charge in [0.15, 0.2) is 0 Å². The number of nitrogens with zero attached hydrogens (tertiary/aromatic N) is 4. The van der Waals surface area contributed by atoms with Crippen molar-refractivity contribution in [3.63, 3.8) is 0 Å². The van der Waals surface area contributed by atoms with Crippen LogP contribution in [0, 0.1) is 0 Å². The summed E-state index contributed by atoms with van der Waals surface area (Å²) in [5.74, 6) is -0.0526. The molecule has 2 saturated heterocycles. The third-order valence-electron chi connectivity index (χ3n) is 5.54. The summed E-state index contributed by atoms with van der Waals surface area (Å²) in [6.07, 6.45) is 9.87. The van der Waals surface area contributed by atoms with Crippen molar-refractivity contribution in [1.82, 2.24) is 30.3 Å². The Bertz CT molecular complexity index is 738. The average molecular weight is 405 g/mol. The number of pyridine rings is 1. The van der Waals surface area contributed by atoms with E-state index < -0.39 is 0 Å². The molecule has 1 atom stereocenters. The maximum absolute atomic E-state index is 12.6. The van der Waals surface area contributed by atoms with Gasteiger partial charge in [-0.1, -0.05) is 6.07 Å². The minimum Gasteiger partial charge on any atom is -0.348 e. The van der Waals surface area contributed by atoms with Gasteiger partial charge in [-0.05, 0) is 49.9 Å². The summed E-state index contributed by atoms with van der Waals surface area (Å²) < 4.78 is 1.94. The molecule has 4 heterocycles. The molecule has 0 radical (unpaired) electrons. The van der Waals surface area contributed by atoms with E-state index in [2.05, 4.69) is 31.7 Å². The topological polar surface area (TPSA) is 75.1 Å². The molecular formula is C20H29ClN6O. The van der Waals surface area contributed by atoms with Crippen LogP contribution < -0.4 is 10.6 Å². The minimum atomic E-state index is -0.0526. The van der Waals surface area contributed by atoms with Gasteiger partial charge in [-0.3, -0.25) is 19.4 Å². The van der Waals surface area contributed by atoms with E-state index >= 15 is 0 Å². The predicted molar refractivity (Wildman–Crippen MR) is 111 cm³/mol. The Morgan fingerprint density at radius 3 is 2.82 bits per heavy atom. The first-order chi connectivity index (χ1) is 13.3. The largest absolute Gasteiger partial charge is 0.348 e. The molecule has 1 unspecified atom stereocenters. The molecule has 0 bridgehead atoms. The predicted octanol–water partition coefficient (Wildman–Crippen LogP) is 2.02. The van der Waals surface area contributed by atoms with Crippen LogP contribution in [-0.2, 0) is 6.54 Å². The molecule has 0 saturated carbocycles. The lowest BCUT2D eigenvalue weighted by Gasteiger charge is -2.32. The summed E-state index contributed by atoms with van der Waals surface area (Å²) in [4.78, 5) is 19.2. The van der Waals surface area contributed by atoms with Crippen LogP contribution in [0.2, 0.25) is 0 Å². The number of aromatic nitrogens is 3. The number of carbonyl (C=O) groups is 1. The second kappa shape index (κ2) is 10.0. The summed E-state index contributed by atoms with van der Waals surface area (Å²) >= 11 is 0. The fourth-order valence-corrected chi connectivity index (χ4v) is 3.97. The van der Waals surface area contributed by atoms with Crippen LogP contribution in [0.15, 0.2) is 36.8 Å². The van der Waals surface area contributed by atoms with Gasteiger partial charge in [-0.2, -0.15) is 5.10 Å². The number of carbonyl (C=O) groups excluding carboxylic acids is 1. The summed E-state index contributed by atoms with van der Waals surface area (Å²) in [7, 11) is 0. The molecular weight excluding hydrogens is 376 g/mol. The number of halogens is 1. The molecule has 2 fully saturated rings. The number of amides is 1. The highest BCUT2D eigenvalue weighted by molar-refractivity contribution is 5.92. The standard InChI is InChI=1S/C20H28N6O.ClH/c27-20(19-7-12-26(24-19)18-4-2-9-22-14-18)23-17-5-10-25(11-6-17)15-16-3-1-8-21-13-16;/h1,3,7-8,12-13,17-18,22H,2,4-6,9-11,14-15H2,(H,23,27);1H. The smallest absolute Gasteiger partial charge is 0.271 e. The first-order valence-corrected chi connectivity index (χ1v) is 9.96. The maximum atomic E-state index is 12.6. The minimum absolute atomic E-state index is 0. The average Bonchev–Trinajstić information content (AvgIpc) is 3.21. The van der Waals surface area contributed by atoms with E-state index in [9.17, 15) is 4.79 Å². The van der Waals surface area contributed by atoms with Crippen LogP contribution in [-0.4, -0.2) is 57.8 Å². The van der Waals surface area contributed by atoms with E-state index in [4.69, 9.17) is 0 Å². The van der Waals surface area contributed by atoms with Crippen molar-refractivity contribution in [3.05, 3.63) is 48.0 Å². The monoisotopic (exact) mass is 404 g/mol. The van der Waals surface area contributed by atoms with E-state index in [0.29, 0.717) is 11.7 Å². The number of likely N-dealkylation sites (tertiary alicyclic amines) is 1. The second-order valence-corrected chi connectivity index (χ2v) is 7.57. The van der Waals surface area contributed by atoms with Crippen molar-refractivity contribution in [3.8, 4) is 0 Å². The van der Waals surface area contributed by atoms with Crippen molar-refractivity contribution in [1.29, 1.82) is 0 Å². The van der Waals surface area contributed by atoms with Crippen LogP contribution in [0.25, 0.3) is 0 Å². The molecule has 7 nitrogen and oxygen atoms in total. The van der Waals surface area contributed by atoms with E-state index in [1.807, 2.05) is 29.2 Å². The van der Waals surface area contributed by atoms with Crippen molar-refractivity contribution >= 4 is 18.3 Å². The first-order valence-electron chi connectivity index (χ1n) is 9.96. The normalized spacial score (nSPS) is 21.1. The highest BCUT2D eigenvalue weighted by Crippen LogP contribution is 2.17. The Labute approximate surface area is 172 Å². The van der Waals surface area contributed by atoms with Gasteiger partial charge in [0, 0.05) is 50.8 Å². The zero-order valence-electron chi connectivity index (χ0n) is 16.1. The second-order valence-electron chi connectivity index (χ2n) is 7.57. The summed E-state index contributed by atoms with van der Waals surface area (Å²) in [5, 5.41) is 11.1. The van der Waals surface area contributed by atoms with Gasteiger partial charge in [0.1, 0.15) is 5.69 Å². The molecule has 2 N–H and O–H groups in total. The lowest BCUT2D eigenvalue weighted by atomic mass is 10.0. The highest BCUT2D eigenvalue weighted by atomic mass is 35.5. The fourth-order valence-electron chi connectivity index (χ4n) is 3.97. The Balaban J connectivity index is 0.00000225. The molecule has 2 aromatic heterocycles. The zero-order chi connectivity index (χ0) is 18.5. The van der Waals surface area contributed by atoms with Gasteiger partial charge in [0.2, 0.25) is 0 Å². The van der Waals surface area contributed by atoms with E-state index in [1.54, 1.807) is 6.20 Å². The number of hydrogen-bond acceptors (Lipinski definition) is 5. The molecule has 2 aliphatic heterocycles. The van der Waals surface area contributed by atoms with Crippen molar-refractivity contribution in [2.24, 2.45) is 0 Å². The summed E-state index contributed by atoms with van der Waals surface area (Å²) in [6, 6.07) is 6.51. The van der Waals surface area contributed by atoms with Crippen LogP contribution in [0.4, 0.5) is 0 Å². The quantitative estimate of drug-likeness (QED) is 0.797. The first kappa shape index (κ1) is 20.8. The van der Waals surface area contributed by atoms with Crippen molar-refractivity contribution in [2.75, 3.05) is 26.2 Å². The Morgan fingerprint density at radius 2 is 2.11 bits per heavy atom. The number of hydrogen-bond donors (Lipinski definition) is 2. The Hall–Kier alpha value is -1.96.